The van der Waals surface area contributed by atoms with Crippen molar-refractivity contribution in [2.75, 3.05) is 60.7 Å². The average molecular weight is 425 g/mol. The Hall–Kier alpha value is -1.81. The molecule has 3 rings (SSSR count). The van der Waals surface area contributed by atoms with Crippen LogP contribution in [0.1, 0.15) is 5.56 Å². The van der Waals surface area contributed by atoms with Gasteiger partial charge in [0.2, 0.25) is 5.75 Å². The molecule has 0 radical (unpaired) electrons. The van der Waals surface area contributed by atoms with Crippen LogP contribution in [0.3, 0.4) is 0 Å². The first-order valence-electron chi connectivity index (χ1n) is 8.93. The third-order valence-electron chi connectivity index (χ3n) is 4.60. The van der Waals surface area contributed by atoms with Gasteiger partial charge >= 0.3 is 0 Å². The number of carbonyl (C=O) groups is 1. The topological polar surface area (TPSA) is 60.5 Å². The number of nitrogens with zero attached hydrogens (tertiary/aromatic N) is 2. The number of amides is 1. The summed E-state index contributed by atoms with van der Waals surface area (Å²) in [5.74, 6) is 1.52. The molecular formula is C19H24N2O5S2. The highest BCUT2D eigenvalue weighted by molar-refractivity contribution is 8.26. The van der Waals surface area contributed by atoms with Crippen molar-refractivity contribution in [1.82, 2.24) is 9.80 Å². The van der Waals surface area contributed by atoms with Gasteiger partial charge in [0, 0.05) is 26.2 Å². The molecular weight excluding hydrogens is 400 g/mol. The quantitative estimate of drug-likeness (QED) is 0.488. The van der Waals surface area contributed by atoms with E-state index in [2.05, 4.69) is 4.90 Å². The van der Waals surface area contributed by atoms with Gasteiger partial charge in [-0.25, -0.2) is 0 Å². The Morgan fingerprint density at radius 1 is 1.11 bits per heavy atom. The van der Waals surface area contributed by atoms with E-state index in [1.807, 2.05) is 12.1 Å². The Labute approximate surface area is 174 Å². The lowest BCUT2D eigenvalue weighted by atomic mass is 10.1. The van der Waals surface area contributed by atoms with Crippen LogP contribution in [0, 0.1) is 0 Å². The first-order chi connectivity index (χ1) is 13.6. The fraction of sp³-hybridized carbons (Fsp3) is 0.474. The van der Waals surface area contributed by atoms with Gasteiger partial charge in [-0.1, -0.05) is 24.0 Å². The predicted molar refractivity (Wildman–Crippen MR) is 113 cm³/mol. The predicted octanol–water partition coefficient (Wildman–Crippen LogP) is 2.25. The summed E-state index contributed by atoms with van der Waals surface area (Å²) in [6.07, 6.45) is 1.80. The Balaban J connectivity index is 1.75. The number of ether oxygens (including phenoxy) is 4. The van der Waals surface area contributed by atoms with Crippen molar-refractivity contribution in [3.63, 3.8) is 0 Å². The highest BCUT2D eigenvalue weighted by atomic mass is 32.2. The van der Waals surface area contributed by atoms with Crippen molar-refractivity contribution < 1.29 is 23.7 Å². The van der Waals surface area contributed by atoms with Gasteiger partial charge in [0.05, 0.1) is 39.4 Å². The summed E-state index contributed by atoms with van der Waals surface area (Å²) in [4.78, 5) is 17.4. The molecule has 0 saturated carbocycles. The van der Waals surface area contributed by atoms with Crippen LogP contribution in [0.4, 0.5) is 0 Å². The number of thioether (sulfide) groups is 1. The molecule has 2 saturated heterocycles. The van der Waals surface area contributed by atoms with E-state index in [4.69, 9.17) is 31.2 Å². The SMILES string of the molecule is COc1cc(/C=C2/SC(=S)N(CCN3CCOCC3)C2=O)cc(OC)c1OC. The van der Waals surface area contributed by atoms with Gasteiger partial charge in [0.1, 0.15) is 4.32 Å². The average Bonchev–Trinajstić information content (AvgIpc) is 2.98. The zero-order valence-electron chi connectivity index (χ0n) is 16.2. The first kappa shape index (κ1) is 20.9. The summed E-state index contributed by atoms with van der Waals surface area (Å²) in [6.45, 7) is 4.61. The highest BCUT2D eigenvalue weighted by Crippen LogP contribution is 2.40. The molecule has 9 heteroatoms. The van der Waals surface area contributed by atoms with Crippen LogP contribution in [0.25, 0.3) is 6.08 Å². The van der Waals surface area contributed by atoms with Crippen molar-refractivity contribution in [2.24, 2.45) is 0 Å². The highest BCUT2D eigenvalue weighted by Gasteiger charge is 2.32. The van der Waals surface area contributed by atoms with Crippen LogP contribution in [0.2, 0.25) is 0 Å². The number of benzene rings is 1. The molecule has 0 aromatic heterocycles. The maximum absolute atomic E-state index is 12.8. The molecule has 2 aliphatic heterocycles. The van der Waals surface area contributed by atoms with E-state index < -0.39 is 0 Å². The maximum Gasteiger partial charge on any atom is 0.266 e. The number of carbonyl (C=O) groups excluding carboxylic acids is 1. The fourth-order valence-corrected chi connectivity index (χ4v) is 4.40. The molecule has 0 atom stereocenters. The molecule has 0 spiro atoms. The normalized spacial score (nSPS) is 19.4. The third kappa shape index (κ3) is 4.60. The standard InChI is InChI=1S/C19H24N2O5S2/c1-23-14-10-13(11-15(24-2)17(14)25-3)12-16-18(22)21(19(27)28-16)5-4-20-6-8-26-9-7-20/h10-12H,4-9H2,1-3H3/b16-12+. The lowest BCUT2D eigenvalue weighted by Gasteiger charge is -2.28. The molecule has 0 aliphatic carbocycles. The summed E-state index contributed by atoms with van der Waals surface area (Å²) in [7, 11) is 4.68. The molecule has 7 nitrogen and oxygen atoms in total. The van der Waals surface area contributed by atoms with Gasteiger partial charge in [-0.05, 0) is 23.8 Å². The van der Waals surface area contributed by atoms with Crippen LogP contribution < -0.4 is 14.2 Å². The number of morpholine rings is 1. The van der Waals surface area contributed by atoms with E-state index in [0.29, 0.717) is 33.0 Å². The summed E-state index contributed by atoms with van der Waals surface area (Å²) in [6, 6.07) is 3.61. The zero-order valence-corrected chi connectivity index (χ0v) is 17.9. The van der Waals surface area contributed by atoms with Gasteiger partial charge in [-0.3, -0.25) is 14.6 Å². The lowest BCUT2D eigenvalue weighted by Crippen LogP contribution is -2.42. The van der Waals surface area contributed by atoms with Crippen molar-refractivity contribution >= 4 is 40.3 Å². The Morgan fingerprint density at radius 2 is 1.75 bits per heavy atom. The van der Waals surface area contributed by atoms with E-state index in [0.717, 1.165) is 38.4 Å². The molecule has 2 fully saturated rings. The van der Waals surface area contributed by atoms with Crippen molar-refractivity contribution in [3.8, 4) is 17.2 Å². The Morgan fingerprint density at radius 3 is 2.32 bits per heavy atom. The molecule has 1 amide bonds. The van der Waals surface area contributed by atoms with Crippen LogP contribution in [-0.4, -0.2) is 80.7 Å². The van der Waals surface area contributed by atoms with E-state index in [9.17, 15) is 4.79 Å². The summed E-state index contributed by atoms with van der Waals surface area (Å²) in [5, 5.41) is 0. The summed E-state index contributed by atoms with van der Waals surface area (Å²) in [5.41, 5.74) is 0.781. The molecule has 0 unspecified atom stereocenters. The smallest absolute Gasteiger partial charge is 0.266 e. The van der Waals surface area contributed by atoms with Crippen LogP contribution in [-0.2, 0) is 9.53 Å². The van der Waals surface area contributed by atoms with E-state index in [-0.39, 0.29) is 5.91 Å². The molecule has 1 aromatic carbocycles. The minimum atomic E-state index is -0.0722. The summed E-state index contributed by atoms with van der Waals surface area (Å²) < 4.78 is 22.0. The maximum atomic E-state index is 12.8. The van der Waals surface area contributed by atoms with Gasteiger partial charge < -0.3 is 18.9 Å². The number of rotatable bonds is 7. The monoisotopic (exact) mass is 424 g/mol. The van der Waals surface area contributed by atoms with E-state index in [1.165, 1.54) is 11.8 Å². The molecule has 2 heterocycles. The Kier molecular flexibility index (Phi) is 7.17. The third-order valence-corrected chi connectivity index (χ3v) is 5.98. The minimum Gasteiger partial charge on any atom is -0.493 e. The van der Waals surface area contributed by atoms with Crippen LogP contribution >= 0.6 is 24.0 Å². The van der Waals surface area contributed by atoms with Crippen molar-refractivity contribution in [3.05, 3.63) is 22.6 Å². The van der Waals surface area contributed by atoms with Gasteiger partial charge in [-0.2, -0.15) is 0 Å². The fourth-order valence-electron chi connectivity index (χ4n) is 3.10. The lowest BCUT2D eigenvalue weighted by molar-refractivity contribution is -0.122. The molecule has 0 N–H and O–H groups in total. The van der Waals surface area contributed by atoms with E-state index >= 15 is 0 Å². The van der Waals surface area contributed by atoms with Gasteiger partial charge in [-0.15, -0.1) is 0 Å². The molecule has 0 bridgehead atoms. The number of methoxy groups -OCH3 is 3. The molecule has 28 heavy (non-hydrogen) atoms. The second-order valence-electron chi connectivity index (χ2n) is 6.25. The van der Waals surface area contributed by atoms with Crippen LogP contribution in [0.5, 0.6) is 17.2 Å². The number of thiocarbonyl (C=S) groups is 1. The number of hydrogen-bond donors (Lipinski definition) is 0. The first-order valence-corrected chi connectivity index (χ1v) is 10.1. The van der Waals surface area contributed by atoms with E-state index in [1.54, 1.807) is 32.3 Å². The zero-order chi connectivity index (χ0) is 20.1. The second-order valence-corrected chi connectivity index (χ2v) is 7.92. The summed E-state index contributed by atoms with van der Waals surface area (Å²) >= 11 is 6.74. The van der Waals surface area contributed by atoms with Crippen molar-refractivity contribution in [1.29, 1.82) is 0 Å². The van der Waals surface area contributed by atoms with Gasteiger partial charge in [0.15, 0.2) is 11.5 Å². The molecule has 2 aliphatic rings. The van der Waals surface area contributed by atoms with Crippen molar-refractivity contribution in [2.45, 2.75) is 0 Å². The van der Waals surface area contributed by atoms with Crippen LogP contribution in [0.15, 0.2) is 17.0 Å². The minimum absolute atomic E-state index is 0.0722. The number of hydrogen-bond acceptors (Lipinski definition) is 8. The largest absolute Gasteiger partial charge is 0.493 e. The van der Waals surface area contributed by atoms with Gasteiger partial charge in [0.25, 0.3) is 5.91 Å². The Bertz CT molecular complexity index is 753. The molecule has 152 valence electrons. The molecule has 1 aromatic rings. The second kappa shape index (κ2) is 9.60.